The molecular weight excluding hydrogens is 426 g/mol. The predicted octanol–water partition coefficient (Wildman–Crippen LogP) is 0.258. The molecule has 156 valence electrons. The maximum absolute atomic E-state index is 4.66. The fourth-order valence-electron chi connectivity index (χ4n) is 3.42. The third-order valence-corrected chi connectivity index (χ3v) is 4.93. The van der Waals surface area contributed by atoms with Crippen molar-refractivity contribution in [3.8, 4) is 17.8 Å². The molecule has 0 radical (unpaired) electrons. The van der Waals surface area contributed by atoms with Gasteiger partial charge in [0.2, 0.25) is 17.8 Å². The van der Waals surface area contributed by atoms with Gasteiger partial charge in [-0.1, -0.05) is 0 Å². The van der Waals surface area contributed by atoms with Gasteiger partial charge < -0.3 is 0 Å². The minimum Gasteiger partial charge on any atom is -0.263 e. The van der Waals surface area contributed by atoms with Gasteiger partial charge >= 0.3 is 0 Å². The molecule has 7 aromatic heterocycles. The van der Waals surface area contributed by atoms with Crippen LogP contribution in [0.15, 0.2) is 56.6 Å². The average Bonchev–Trinajstić information content (AvgIpc) is 3.60. The van der Waals surface area contributed by atoms with Gasteiger partial charge in [-0.05, 0) is 0 Å². The first-order valence-electron chi connectivity index (χ1n) is 9.51. The normalized spacial score (nSPS) is 11.6. The first kappa shape index (κ1) is 17.4. The van der Waals surface area contributed by atoms with E-state index >= 15 is 0 Å². The molecular formula is C18H9N15. The summed E-state index contributed by atoms with van der Waals surface area (Å²) in [5.41, 5.74) is 3.44. The van der Waals surface area contributed by atoms with E-state index in [9.17, 15) is 0 Å². The molecule has 0 bridgehead atoms. The van der Waals surface area contributed by atoms with E-state index in [2.05, 4.69) is 59.8 Å². The van der Waals surface area contributed by atoms with E-state index in [-0.39, 0.29) is 0 Å². The van der Waals surface area contributed by atoms with E-state index in [1.807, 2.05) is 0 Å². The summed E-state index contributed by atoms with van der Waals surface area (Å²) in [6.07, 6.45) is 13.9. The Hall–Kier alpha value is -5.34. The smallest absolute Gasteiger partial charge is 0.242 e. The van der Waals surface area contributed by atoms with Crippen molar-refractivity contribution in [2.75, 3.05) is 0 Å². The molecule has 0 N–H and O–H groups in total. The van der Waals surface area contributed by atoms with Crippen LogP contribution in [0.2, 0.25) is 0 Å². The van der Waals surface area contributed by atoms with Gasteiger partial charge in [0, 0.05) is 0 Å². The fraction of sp³-hybridized carbons (Fsp3) is 0. The van der Waals surface area contributed by atoms with E-state index in [0.29, 0.717) is 51.3 Å². The average molecular weight is 435 g/mol. The molecule has 0 aliphatic carbocycles. The zero-order valence-electron chi connectivity index (χ0n) is 16.4. The Morgan fingerprint density at radius 2 is 0.758 bits per heavy atom. The number of imidazole rings is 3. The summed E-state index contributed by atoms with van der Waals surface area (Å²) in [6.45, 7) is 0. The molecule has 0 fully saturated rings. The SMILES string of the molecule is c1ncc2c(n1)ncn2-c1nc(-n2cnc3ncncc32)nc(-n2cnc3ncncc32)n1. The summed E-state index contributed by atoms with van der Waals surface area (Å²) in [6, 6.07) is 0. The second kappa shape index (κ2) is 6.58. The monoisotopic (exact) mass is 435 g/mol. The molecule has 15 nitrogen and oxygen atoms in total. The van der Waals surface area contributed by atoms with Crippen molar-refractivity contribution >= 4 is 33.5 Å². The number of hydrogen-bond acceptors (Lipinski definition) is 12. The molecule has 0 atom stereocenters. The molecule has 0 spiro atoms. The Morgan fingerprint density at radius 1 is 0.424 bits per heavy atom. The molecule has 0 amide bonds. The maximum atomic E-state index is 4.66. The van der Waals surface area contributed by atoms with Crippen LogP contribution in [-0.4, -0.2) is 73.5 Å². The van der Waals surface area contributed by atoms with Crippen LogP contribution in [0.1, 0.15) is 0 Å². The van der Waals surface area contributed by atoms with Crippen molar-refractivity contribution in [2.45, 2.75) is 0 Å². The van der Waals surface area contributed by atoms with E-state index in [0.717, 1.165) is 0 Å². The topological polar surface area (TPSA) is 169 Å². The van der Waals surface area contributed by atoms with Crippen LogP contribution in [0.3, 0.4) is 0 Å². The minimum atomic E-state index is 0.296. The molecule has 33 heavy (non-hydrogen) atoms. The molecule has 0 saturated heterocycles. The van der Waals surface area contributed by atoms with Gasteiger partial charge in [0.1, 0.15) is 54.5 Å². The first-order chi connectivity index (χ1) is 16.3. The molecule has 0 aliphatic rings. The molecule has 0 saturated carbocycles. The molecule has 0 aliphatic heterocycles. The molecule has 7 rings (SSSR count). The minimum absolute atomic E-state index is 0.296. The lowest BCUT2D eigenvalue weighted by Crippen LogP contribution is -2.12. The second-order valence-electron chi connectivity index (χ2n) is 6.77. The van der Waals surface area contributed by atoms with Crippen molar-refractivity contribution in [3.63, 3.8) is 0 Å². The van der Waals surface area contributed by atoms with Crippen LogP contribution in [0, 0.1) is 0 Å². The molecule has 7 heterocycles. The lowest BCUT2D eigenvalue weighted by Gasteiger charge is -2.09. The number of fused-ring (bicyclic) bond motifs is 3. The summed E-state index contributed by atoms with van der Waals surface area (Å²) in [4.78, 5) is 51.7. The van der Waals surface area contributed by atoms with Gasteiger partial charge in [0.25, 0.3) is 0 Å². The molecule has 0 aromatic carbocycles. The van der Waals surface area contributed by atoms with E-state index in [1.165, 1.54) is 19.0 Å². The molecule has 15 heteroatoms. The van der Waals surface area contributed by atoms with Crippen molar-refractivity contribution < 1.29 is 0 Å². The first-order valence-corrected chi connectivity index (χ1v) is 9.51. The van der Waals surface area contributed by atoms with Gasteiger partial charge in [-0.2, -0.15) is 15.0 Å². The largest absolute Gasteiger partial charge is 0.263 e. The highest BCUT2D eigenvalue weighted by molar-refractivity contribution is 5.73. The van der Waals surface area contributed by atoms with E-state index in [1.54, 1.807) is 51.3 Å². The Bertz CT molecular complexity index is 1570. The van der Waals surface area contributed by atoms with Crippen molar-refractivity contribution in [3.05, 3.63) is 56.6 Å². The van der Waals surface area contributed by atoms with Gasteiger partial charge in [-0.15, -0.1) is 0 Å². The Labute approximate surface area is 182 Å². The Morgan fingerprint density at radius 3 is 1.09 bits per heavy atom. The highest BCUT2D eigenvalue weighted by atomic mass is 15.3. The molecule has 7 aromatic rings. The zero-order valence-corrected chi connectivity index (χ0v) is 16.4. The van der Waals surface area contributed by atoms with Crippen LogP contribution < -0.4 is 0 Å². The van der Waals surface area contributed by atoms with Crippen LogP contribution in [0.25, 0.3) is 51.3 Å². The summed E-state index contributed by atoms with van der Waals surface area (Å²) in [7, 11) is 0. The van der Waals surface area contributed by atoms with Crippen molar-refractivity contribution in [1.82, 2.24) is 73.5 Å². The van der Waals surface area contributed by atoms with Gasteiger partial charge in [-0.25, -0.2) is 44.9 Å². The van der Waals surface area contributed by atoms with E-state index in [4.69, 9.17) is 0 Å². The fourth-order valence-corrected chi connectivity index (χ4v) is 3.42. The van der Waals surface area contributed by atoms with Crippen molar-refractivity contribution in [1.29, 1.82) is 0 Å². The zero-order chi connectivity index (χ0) is 21.8. The highest BCUT2D eigenvalue weighted by Gasteiger charge is 2.17. The van der Waals surface area contributed by atoms with Crippen LogP contribution in [0.4, 0.5) is 0 Å². The summed E-state index contributed by atoms with van der Waals surface area (Å²) in [5, 5.41) is 0. The quantitative estimate of drug-likeness (QED) is 0.371. The van der Waals surface area contributed by atoms with Gasteiger partial charge in [0.15, 0.2) is 16.9 Å². The lowest BCUT2D eigenvalue weighted by atomic mass is 10.5. The number of hydrogen-bond donors (Lipinski definition) is 0. The number of aromatic nitrogens is 15. The van der Waals surface area contributed by atoms with Crippen LogP contribution in [0.5, 0.6) is 0 Å². The van der Waals surface area contributed by atoms with Crippen LogP contribution in [-0.2, 0) is 0 Å². The van der Waals surface area contributed by atoms with Crippen LogP contribution >= 0.6 is 0 Å². The summed E-state index contributed by atoms with van der Waals surface area (Å²) < 4.78 is 5.03. The number of rotatable bonds is 3. The van der Waals surface area contributed by atoms with Crippen molar-refractivity contribution in [2.24, 2.45) is 0 Å². The number of nitrogens with zero attached hydrogens (tertiary/aromatic N) is 15. The third-order valence-electron chi connectivity index (χ3n) is 4.93. The lowest BCUT2D eigenvalue weighted by molar-refractivity contribution is 0.815. The van der Waals surface area contributed by atoms with Gasteiger partial charge in [-0.3, -0.25) is 13.7 Å². The Balaban J connectivity index is 1.52. The highest BCUT2D eigenvalue weighted by Crippen LogP contribution is 2.19. The standard InChI is InChI=1S/C18H9N15/c1-10-13(22-4-19-1)25-7-31(10)16-28-17(32-8-26-14-11(32)2-20-5-23-14)30-18(29-16)33-9-27-15-12(33)3-21-6-24-15/h1-9H. The Kier molecular flexibility index (Phi) is 3.46. The third kappa shape index (κ3) is 2.62. The van der Waals surface area contributed by atoms with Gasteiger partial charge in [0.05, 0.1) is 18.6 Å². The maximum Gasteiger partial charge on any atom is 0.242 e. The summed E-state index contributed by atoms with van der Waals surface area (Å²) in [5.74, 6) is 0.888. The molecule has 0 unspecified atom stereocenters. The summed E-state index contributed by atoms with van der Waals surface area (Å²) >= 11 is 0. The predicted molar refractivity (Wildman–Crippen MR) is 110 cm³/mol. The van der Waals surface area contributed by atoms with E-state index < -0.39 is 0 Å². The second-order valence-corrected chi connectivity index (χ2v) is 6.77.